The van der Waals surface area contributed by atoms with Gasteiger partial charge in [-0.3, -0.25) is 14.5 Å². The van der Waals surface area contributed by atoms with E-state index in [0.717, 1.165) is 6.42 Å². The zero-order chi connectivity index (χ0) is 13.8. The number of carboxylic acid groups (broad SMARTS) is 1. The molecule has 1 aliphatic heterocycles. The molecule has 0 saturated carbocycles. The first-order valence-electron chi connectivity index (χ1n) is 6.21. The first kappa shape index (κ1) is 13.5. The predicted octanol–water partition coefficient (Wildman–Crippen LogP) is 0.216. The van der Waals surface area contributed by atoms with E-state index in [9.17, 15) is 9.59 Å². The summed E-state index contributed by atoms with van der Waals surface area (Å²) in [5.74, 6) is -0.746. The van der Waals surface area contributed by atoms with Crippen molar-refractivity contribution in [1.29, 1.82) is 0 Å². The van der Waals surface area contributed by atoms with Gasteiger partial charge in [0.1, 0.15) is 0 Å². The van der Waals surface area contributed by atoms with Gasteiger partial charge in [0.05, 0.1) is 12.2 Å². The second-order valence-electron chi connectivity index (χ2n) is 4.58. The molecular weight excluding hydrogens is 250 g/mol. The lowest BCUT2D eigenvalue weighted by molar-refractivity contribution is -0.138. The smallest absolute Gasteiger partial charge is 0.317 e. The van der Waals surface area contributed by atoms with Crippen LogP contribution < -0.4 is 0 Å². The van der Waals surface area contributed by atoms with Gasteiger partial charge in [-0.15, -0.1) is 0 Å². The maximum absolute atomic E-state index is 12.2. The normalized spacial score (nSPS) is 17.2. The molecule has 0 aromatic carbocycles. The van der Waals surface area contributed by atoms with Gasteiger partial charge < -0.3 is 14.4 Å². The Kier molecular flexibility index (Phi) is 4.16. The summed E-state index contributed by atoms with van der Waals surface area (Å²) in [7, 11) is 0. The minimum absolute atomic E-state index is 0.0172. The number of carbonyl (C=O) groups is 2. The fourth-order valence-electron chi connectivity index (χ4n) is 2.17. The van der Waals surface area contributed by atoms with Gasteiger partial charge >= 0.3 is 5.97 Å². The molecule has 2 rings (SSSR count). The van der Waals surface area contributed by atoms with Crippen LogP contribution in [0.2, 0.25) is 0 Å². The molecule has 104 valence electrons. The van der Waals surface area contributed by atoms with Crippen LogP contribution in [0.15, 0.2) is 10.8 Å². The predicted molar refractivity (Wildman–Crippen MR) is 65.8 cm³/mol. The van der Waals surface area contributed by atoms with Crippen molar-refractivity contribution >= 4 is 11.9 Å². The molecule has 2 heterocycles. The summed E-state index contributed by atoms with van der Waals surface area (Å²) in [5, 5.41) is 8.77. The van der Waals surface area contributed by atoms with Crippen LogP contribution in [-0.2, 0) is 4.79 Å². The lowest BCUT2D eigenvalue weighted by Crippen LogP contribution is -2.36. The minimum Gasteiger partial charge on any atom is -0.480 e. The molecule has 19 heavy (non-hydrogen) atoms. The second-order valence-corrected chi connectivity index (χ2v) is 4.58. The maximum atomic E-state index is 12.2. The number of rotatable bonds is 3. The molecule has 0 aliphatic carbocycles. The molecule has 1 aromatic heterocycles. The van der Waals surface area contributed by atoms with Gasteiger partial charge in [0.25, 0.3) is 5.91 Å². The fraction of sp³-hybridized carbons (Fsp3) is 0.583. The van der Waals surface area contributed by atoms with Crippen LogP contribution in [0.25, 0.3) is 0 Å². The van der Waals surface area contributed by atoms with E-state index >= 15 is 0 Å². The Morgan fingerprint density at radius 2 is 2.16 bits per heavy atom. The van der Waals surface area contributed by atoms with Crippen LogP contribution in [0, 0.1) is 6.92 Å². The fourth-order valence-corrected chi connectivity index (χ4v) is 2.17. The van der Waals surface area contributed by atoms with E-state index in [2.05, 4.69) is 4.98 Å². The van der Waals surface area contributed by atoms with E-state index < -0.39 is 5.97 Å². The summed E-state index contributed by atoms with van der Waals surface area (Å²) >= 11 is 0. The summed E-state index contributed by atoms with van der Waals surface area (Å²) < 4.78 is 5.10. The van der Waals surface area contributed by atoms with Crippen molar-refractivity contribution in [1.82, 2.24) is 14.8 Å². The highest BCUT2D eigenvalue weighted by atomic mass is 16.4. The summed E-state index contributed by atoms with van der Waals surface area (Å²) in [5.41, 5.74) is 0.580. The maximum Gasteiger partial charge on any atom is 0.317 e. The third kappa shape index (κ3) is 3.31. The first-order chi connectivity index (χ1) is 9.08. The third-order valence-corrected chi connectivity index (χ3v) is 3.17. The van der Waals surface area contributed by atoms with E-state index in [1.165, 1.54) is 6.39 Å². The Morgan fingerprint density at radius 1 is 1.37 bits per heavy atom. The van der Waals surface area contributed by atoms with Gasteiger partial charge in [-0.25, -0.2) is 4.98 Å². The van der Waals surface area contributed by atoms with E-state index in [1.54, 1.807) is 11.8 Å². The third-order valence-electron chi connectivity index (χ3n) is 3.17. The number of aryl methyl sites for hydroxylation is 1. The largest absolute Gasteiger partial charge is 0.480 e. The summed E-state index contributed by atoms with van der Waals surface area (Å²) in [6.07, 6.45) is 2.02. The molecule has 1 N–H and O–H groups in total. The number of nitrogens with zero attached hydrogens (tertiary/aromatic N) is 3. The Labute approximate surface area is 110 Å². The number of hydrogen-bond donors (Lipinski definition) is 1. The highest BCUT2D eigenvalue weighted by Gasteiger charge is 2.24. The van der Waals surface area contributed by atoms with Gasteiger partial charge in [-0.1, -0.05) is 0 Å². The number of amides is 1. The van der Waals surface area contributed by atoms with E-state index in [1.807, 2.05) is 4.90 Å². The monoisotopic (exact) mass is 267 g/mol. The molecule has 1 saturated heterocycles. The van der Waals surface area contributed by atoms with Crippen LogP contribution in [0.4, 0.5) is 0 Å². The summed E-state index contributed by atoms with van der Waals surface area (Å²) in [6.45, 7) is 4.10. The average molecular weight is 267 g/mol. The molecule has 0 radical (unpaired) electrons. The number of carboxylic acids is 1. The van der Waals surface area contributed by atoms with Crippen molar-refractivity contribution in [3.8, 4) is 0 Å². The van der Waals surface area contributed by atoms with Crippen LogP contribution >= 0.6 is 0 Å². The highest BCUT2D eigenvalue weighted by molar-refractivity contribution is 5.92. The molecule has 0 spiro atoms. The minimum atomic E-state index is -0.842. The Bertz CT molecular complexity index is 471. The quantitative estimate of drug-likeness (QED) is 0.842. The van der Waals surface area contributed by atoms with Crippen molar-refractivity contribution in [2.75, 3.05) is 32.7 Å². The molecular formula is C12H17N3O4. The van der Waals surface area contributed by atoms with Gasteiger partial charge in [0, 0.05) is 26.2 Å². The van der Waals surface area contributed by atoms with E-state index in [4.69, 9.17) is 9.52 Å². The lowest BCUT2D eigenvalue weighted by atomic mass is 10.3. The molecule has 1 fully saturated rings. The average Bonchev–Trinajstić information content (AvgIpc) is 2.64. The first-order valence-corrected chi connectivity index (χ1v) is 6.21. The number of hydrogen-bond acceptors (Lipinski definition) is 5. The van der Waals surface area contributed by atoms with Gasteiger partial charge in [0.15, 0.2) is 6.39 Å². The zero-order valence-corrected chi connectivity index (χ0v) is 10.8. The molecule has 1 aliphatic rings. The molecule has 0 atom stereocenters. The number of aromatic nitrogens is 1. The molecule has 1 aromatic rings. The van der Waals surface area contributed by atoms with Gasteiger partial charge in [0.2, 0.25) is 5.76 Å². The van der Waals surface area contributed by atoms with Crippen molar-refractivity contribution < 1.29 is 19.1 Å². The SMILES string of the molecule is Cc1ncoc1C(=O)N1CCCN(CC(=O)O)CC1. The lowest BCUT2D eigenvalue weighted by Gasteiger charge is -2.20. The number of carbonyl (C=O) groups excluding carboxylic acids is 1. The van der Waals surface area contributed by atoms with Crippen molar-refractivity contribution in [2.24, 2.45) is 0 Å². The van der Waals surface area contributed by atoms with E-state index in [-0.39, 0.29) is 18.2 Å². The Balaban J connectivity index is 1.97. The summed E-state index contributed by atoms with van der Waals surface area (Å²) in [4.78, 5) is 30.3. The molecule has 0 unspecified atom stereocenters. The van der Waals surface area contributed by atoms with Crippen molar-refractivity contribution in [2.45, 2.75) is 13.3 Å². The van der Waals surface area contributed by atoms with Crippen LogP contribution in [0.3, 0.4) is 0 Å². The van der Waals surface area contributed by atoms with Gasteiger partial charge in [-0.05, 0) is 13.3 Å². The number of oxazole rings is 1. The zero-order valence-electron chi connectivity index (χ0n) is 10.8. The molecule has 7 heteroatoms. The van der Waals surface area contributed by atoms with Crippen LogP contribution in [0.5, 0.6) is 0 Å². The van der Waals surface area contributed by atoms with E-state index in [0.29, 0.717) is 31.9 Å². The summed E-state index contributed by atoms with van der Waals surface area (Å²) in [6, 6.07) is 0. The second kappa shape index (κ2) is 5.83. The molecule has 0 bridgehead atoms. The molecule has 7 nitrogen and oxygen atoms in total. The standard InChI is InChI=1S/C12H17N3O4/c1-9-11(19-8-13-9)12(18)15-4-2-3-14(5-6-15)7-10(16)17/h8H,2-7H2,1H3,(H,16,17). The molecule has 1 amide bonds. The Morgan fingerprint density at radius 3 is 2.79 bits per heavy atom. The number of aliphatic carboxylic acids is 1. The van der Waals surface area contributed by atoms with Gasteiger partial charge in [-0.2, -0.15) is 0 Å². The highest BCUT2D eigenvalue weighted by Crippen LogP contribution is 2.12. The van der Waals surface area contributed by atoms with Crippen molar-refractivity contribution in [3.63, 3.8) is 0 Å². The van der Waals surface area contributed by atoms with Crippen LogP contribution in [0.1, 0.15) is 22.7 Å². The van der Waals surface area contributed by atoms with Crippen LogP contribution in [-0.4, -0.2) is 64.5 Å². The Hall–Kier alpha value is -1.89. The van der Waals surface area contributed by atoms with Crippen molar-refractivity contribution in [3.05, 3.63) is 17.8 Å². The topological polar surface area (TPSA) is 86.9 Å².